The number of aliphatic hydroxyl groups excluding tert-OH is 1. The molecule has 4 fully saturated rings. The summed E-state index contributed by atoms with van der Waals surface area (Å²) >= 11 is 0. The number of carbonyl (C=O) groups is 3. The third-order valence-electron chi connectivity index (χ3n) is 14.6. The van der Waals surface area contributed by atoms with Crippen molar-refractivity contribution >= 4 is 58.4 Å². The Kier molecular flexibility index (Phi) is 12.7. The number of fused-ring (bicyclic) bond motifs is 6. The molecule has 1 saturated heterocycles. The van der Waals surface area contributed by atoms with E-state index in [1.807, 2.05) is 60.6 Å². The average Bonchev–Trinajstić information content (AvgIpc) is 3.62. The first-order chi connectivity index (χ1) is 33.1. The molecule has 380 valence electrons. The van der Waals surface area contributed by atoms with E-state index in [-0.39, 0.29) is 77.9 Å². The topological polar surface area (TPSA) is 283 Å². The molecule has 10 rings (SSSR count). The zero-order valence-corrected chi connectivity index (χ0v) is 43.1. The second-order valence-corrected chi connectivity index (χ2v) is 24.7. The third kappa shape index (κ3) is 8.45. The molecule has 0 aromatic heterocycles. The van der Waals surface area contributed by atoms with Crippen molar-refractivity contribution in [2.75, 3.05) is 13.2 Å². The number of phosphoric ester groups is 1. The van der Waals surface area contributed by atoms with Crippen molar-refractivity contribution in [1.82, 2.24) is 5.32 Å². The van der Waals surface area contributed by atoms with Gasteiger partial charge in [0, 0.05) is 58.6 Å². The molecule has 9 atom stereocenters. The molecule has 4 heterocycles. The van der Waals surface area contributed by atoms with Gasteiger partial charge in [0.1, 0.15) is 17.1 Å². The molecule has 1 amide bonds. The van der Waals surface area contributed by atoms with E-state index in [0.717, 1.165) is 11.1 Å². The normalized spacial score (nSPS) is 29.8. The molecule has 22 heteroatoms. The lowest BCUT2D eigenvalue weighted by Gasteiger charge is -2.62. The number of nitrogens with one attached hydrogen (secondary N) is 1. The molecule has 8 aliphatic rings. The lowest BCUT2D eigenvalue weighted by Crippen LogP contribution is -2.75. The van der Waals surface area contributed by atoms with Gasteiger partial charge >= 0.3 is 23.5 Å². The molecule has 4 aliphatic carbocycles. The highest BCUT2D eigenvalue weighted by atomic mass is 31.3. The maximum atomic E-state index is 15.9. The lowest BCUT2D eigenvalue weighted by atomic mass is 9.43. The zero-order chi connectivity index (χ0) is 51.6. The summed E-state index contributed by atoms with van der Waals surface area (Å²) in [6.45, 7) is 14.5. The van der Waals surface area contributed by atoms with E-state index < -0.39 is 81.2 Å². The molecular weight excluding hydrogens is 981 g/mol. The first kappa shape index (κ1) is 51.3. The monoisotopic (exact) mass is 1040 g/mol. The van der Waals surface area contributed by atoms with Gasteiger partial charge in [0.2, 0.25) is 5.91 Å². The summed E-state index contributed by atoms with van der Waals surface area (Å²) in [5.41, 5.74) is -1.63. The Morgan fingerprint density at radius 1 is 0.915 bits per heavy atom. The quantitative estimate of drug-likeness (QED) is 0.0531. The second-order valence-electron chi connectivity index (χ2n) is 20.4. The highest BCUT2D eigenvalue weighted by Crippen LogP contribution is 2.75. The van der Waals surface area contributed by atoms with Crippen LogP contribution in [0.1, 0.15) is 114 Å². The number of aliphatic hydroxyl groups is 1. The molecule has 71 heavy (non-hydrogen) atoms. The standard InChI is InChI=1S/C49H57N2O17P3/c1-25(2)12-11-19-47(8)20-18-31-41(63-47)30(16-15-26(3)4)42-36(43(31)65-70(59,60)68-71(61,62)67-69(56,57)58)39-37-34(35-38(51-39)28-13-9-10-14-29(28)40(35)53)32-24-33-46(6,7)66-48(44(32)54,49(33,37)64-42)21-17-27(5)45(55)50-22-23-52/h9-10,12-15,17-18,20,32-35,52H,11,16,19,21-24H2,1-8H3,(H,50,55)(H,59,60)(H,61,62)(H2,56,57,58)/b27-17-. The van der Waals surface area contributed by atoms with Crippen LogP contribution in [0.5, 0.6) is 17.2 Å². The number of phosphoric acid groups is 3. The van der Waals surface area contributed by atoms with E-state index in [9.17, 15) is 48.0 Å². The summed E-state index contributed by atoms with van der Waals surface area (Å²) < 4.78 is 75.0. The summed E-state index contributed by atoms with van der Waals surface area (Å²) in [7, 11) is -17.8. The van der Waals surface area contributed by atoms with Gasteiger partial charge < -0.3 is 43.8 Å². The second kappa shape index (κ2) is 17.5. The number of ether oxygens (including phenoxy) is 3. The van der Waals surface area contributed by atoms with E-state index in [0.29, 0.717) is 40.8 Å². The number of aliphatic imine (C=N–C) groups is 1. The van der Waals surface area contributed by atoms with Gasteiger partial charge in [-0.05, 0) is 93.2 Å². The fourth-order valence-corrected chi connectivity index (χ4v) is 14.9. The molecule has 4 bridgehead atoms. The van der Waals surface area contributed by atoms with Crippen molar-refractivity contribution in [3.05, 3.63) is 98.7 Å². The molecule has 3 saturated carbocycles. The van der Waals surface area contributed by atoms with Crippen molar-refractivity contribution in [3.63, 3.8) is 0 Å². The van der Waals surface area contributed by atoms with Crippen LogP contribution in [0.2, 0.25) is 0 Å². The average molecular weight is 1040 g/mol. The summed E-state index contributed by atoms with van der Waals surface area (Å²) in [6.07, 6.45) is 10.0. The Balaban J connectivity index is 1.39. The van der Waals surface area contributed by atoms with Crippen LogP contribution in [0.15, 0.2) is 75.9 Å². The van der Waals surface area contributed by atoms with Gasteiger partial charge in [-0.2, -0.15) is 8.62 Å². The van der Waals surface area contributed by atoms with Crippen LogP contribution < -0.4 is 19.3 Å². The number of ketones is 2. The van der Waals surface area contributed by atoms with E-state index in [4.69, 9.17) is 23.7 Å². The Bertz CT molecular complexity index is 3050. The highest BCUT2D eigenvalue weighted by Gasteiger charge is 2.84. The number of amides is 1. The van der Waals surface area contributed by atoms with Crippen molar-refractivity contribution in [2.45, 2.75) is 110 Å². The zero-order valence-electron chi connectivity index (χ0n) is 40.4. The number of benzene rings is 2. The van der Waals surface area contributed by atoms with Crippen molar-refractivity contribution < 1.29 is 80.1 Å². The van der Waals surface area contributed by atoms with E-state index in [1.165, 1.54) is 0 Å². The van der Waals surface area contributed by atoms with E-state index in [1.54, 1.807) is 49.4 Å². The van der Waals surface area contributed by atoms with E-state index in [2.05, 4.69) is 13.9 Å². The van der Waals surface area contributed by atoms with Gasteiger partial charge in [0.15, 0.2) is 28.5 Å². The molecule has 1 spiro atoms. The van der Waals surface area contributed by atoms with Gasteiger partial charge in [0.05, 0.1) is 40.7 Å². The molecule has 2 aromatic rings. The fraction of sp³-hybridized carbons (Fsp3) is 0.469. The Hall–Kier alpha value is -4.61. The SMILES string of the molecule is CC(C)=CCCC1(C)C=Cc2c(c(CC=C(C)C)c3c(c2OP(=O)(O)OP(=O)(O)OP(=O)(O)O)C2=C4C(C5CC6C(C)(C)OC(C/C=C(/C)C(=O)NCCO)(C5=O)C46O3)C3C(=O)c4ccccc4C3=N2)O1. The molecule has 4 aliphatic heterocycles. The maximum absolute atomic E-state index is 15.9. The smallest absolute Gasteiger partial charge is 0.482 e. The van der Waals surface area contributed by atoms with Gasteiger partial charge in [0.25, 0.3) is 0 Å². The minimum absolute atomic E-state index is 0.0194. The fourth-order valence-electron chi connectivity index (χ4n) is 11.8. The Morgan fingerprint density at radius 3 is 2.27 bits per heavy atom. The van der Waals surface area contributed by atoms with Crippen molar-refractivity contribution in [1.29, 1.82) is 0 Å². The summed E-state index contributed by atoms with van der Waals surface area (Å²) in [4.78, 5) is 90.0. The van der Waals surface area contributed by atoms with Crippen LogP contribution in [-0.2, 0) is 43.1 Å². The first-order valence-corrected chi connectivity index (χ1v) is 27.8. The van der Waals surface area contributed by atoms with Crippen LogP contribution in [0.3, 0.4) is 0 Å². The maximum Gasteiger partial charge on any atom is 0.536 e. The minimum atomic E-state index is -6.06. The van der Waals surface area contributed by atoms with Crippen molar-refractivity contribution in [2.24, 2.45) is 28.7 Å². The predicted octanol–water partition coefficient (Wildman–Crippen LogP) is 7.80. The summed E-state index contributed by atoms with van der Waals surface area (Å²) in [5.74, 6) is -4.99. The Morgan fingerprint density at radius 2 is 1.61 bits per heavy atom. The summed E-state index contributed by atoms with van der Waals surface area (Å²) in [5, 5.41) is 12.1. The van der Waals surface area contributed by atoms with Crippen LogP contribution in [0.25, 0.3) is 11.8 Å². The van der Waals surface area contributed by atoms with Gasteiger partial charge in [-0.25, -0.2) is 13.7 Å². The van der Waals surface area contributed by atoms with E-state index >= 15 is 4.79 Å². The first-order valence-electron chi connectivity index (χ1n) is 23.3. The molecule has 6 N–H and O–H groups in total. The van der Waals surface area contributed by atoms with Crippen LogP contribution in [0, 0.1) is 23.7 Å². The number of nitrogens with zero attached hydrogens (tertiary/aromatic N) is 1. The van der Waals surface area contributed by atoms with Crippen molar-refractivity contribution in [3.8, 4) is 17.2 Å². The predicted molar refractivity (Wildman–Crippen MR) is 258 cm³/mol. The Labute approximate surface area is 410 Å². The largest absolute Gasteiger partial charge is 0.536 e. The molecule has 0 radical (unpaired) electrons. The molecule has 2 aromatic carbocycles. The number of hydrogen-bond acceptors (Lipinski definition) is 14. The molecule has 19 nitrogen and oxygen atoms in total. The summed E-state index contributed by atoms with van der Waals surface area (Å²) in [6, 6.07) is 6.90. The van der Waals surface area contributed by atoms with Gasteiger partial charge in [-0.3, -0.25) is 24.3 Å². The van der Waals surface area contributed by atoms with Gasteiger partial charge in [-0.1, -0.05) is 53.6 Å². The number of allylic oxidation sites excluding steroid dienone is 4. The number of carbonyl (C=O) groups excluding carboxylic acids is 3. The van der Waals surface area contributed by atoms with Crippen LogP contribution in [-0.4, -0.2) is 83.4 Å². The van der Waals surface area contributed by atoms with Crippen LogP contribution >= 0.6 is 23.5 Å². The van der Waals surface area contributed by atoms with Crippen LogP contribution in [0.4, 0.5) is 0 Å². The number of Topliss-reactive ketones (excluding diaryl/α,β-unsaturated/α-hetero) is 2. The third-order valence-corrected chi connectivity index (χ3v) is 18.3. The van der Waals surface area contributed by atoms with Gasteiger partial charge in [-0.15, -0.1) is 0 Å². The minimum Gasteiger partial charge on any atom is -0.482 e. The molecular formula is C49H57N2O17P3. The lowest BCUT2D eigenvalue weighted by molar-refractivity contribution is -0.182. The number of hydrogen-bond donors (Lipinski definition) is 6. The molecule has 9 unspecified atom stereocenters. The number of rotatable bonds is 16. The highest BCUT2D eigenvalue weighted by molar-refractivity contribution is 7.66.